The van der Waals surface area contributed by atoms with Crippen LogP contribution in [-0.4, -0.2) is 22.0 Å². The van der Waals surface area contributed by atoms with E-state index in [-0.39, 0.29) is 11.5 Å². The van der Waals surface area contributed by atoms with Gasteiger partial charge >= 0.3 is 0 Å². The summed E-state index contributed by atoms with van der Waals surface area (Å²) in [6, 6.07) is 18.2. The minimum absolute atomic E-state index is 0.148. The number of carbonyl (C=O) groups is 1. The maximum Gasteiger partial charge on any atom is 0.253 e. The Balaban J connectivity index is 1.62. The minimum atomic E-state index is -0.178. The van der Waals surface area contributed by atoms with Crippen molar-refractivity contribution in [1.29, 1.82) is 0 Å². The van der Waals surface area contributed by atoms with E-state index in [1.54, 1.807) is 18.2 Å². The third kappa shape index (κ3) is 4.42. The maximum atomic E-state index is 12.2. The van der Waals surface area contributed by atoms with Crippen LogP contribution in [0.5, 0.6) is 0 Å². The van der Waals surface area contributed by atoms with Gasteiger partial charge in [0.05, 0.1) is 12.0 Å². The monoisotopic (exact) mass is 397 g/mol. The number of hydrogen-bond donors (Lipinski definition) is 1. The van der Waals surface area contributed by atoms with Crippen molar-refractivity contribution in [3.63, 3.8) is 0 Å². The number of benzene rings is 2. The largest absolute Gasteiger partial charge is 0.350 e. The van der Waals surface area contributed by atoms with Gasteiger partial charge in [0.1, 0.15) is 0 Å². The zero-order chi connectivity index (χ0) is 17.6. The topological polar surface area (TPSA) is 64.0 Å². The molecule has 3 aromatic rings. The highest BCUT2D eigenvalue weighted by molar-refractivity contribution is 9.10. The van der Waals surface area contributed by atoms with E-state index in [1.807, 2.05) is 36.4 Å². The zero-order valence-corrected chi connectivity index (χ0v) is 14.9. The smallest absolute Gasteiger partial charge is 0.253 e. The van der Waals surface area contributed by atoms with E-state index in [2.05, 4.69) is 26.2 Å². The third-order valence-electron chi connectivity index (χ3n) is 3.67. The van der Waals surface area contributed by atoms with Gasteiger partial charge in [0, 0.05) is 34.8 Å². The van der Waals surface area contributed by atoms with Crippen LogP contribution in [0.3, 0.4) is 0 Å². The molecule has 0 aliphatic carbocycles. The van der Waals surface area contributed by atoms with Crippen molar-refractivity contribution in [2.24, 2.45) is 0 Å². The Hall–Kier alpha value is -2.73. The fourth-order valence-electron chi connectivity index (χ4n) is 2.38. The molecule has 126 valence electrons. The van der Waals surface area contributed by atoms with Crippen LogP contribution in [0.2, 0.25) is 0 Å². The van der Waals surface area contributed by atoms with Gasteiger partial charge in [-0.3, -0.25) is 14.2 Å². The second-order valence-electron chi connectivity index (χ2n) is 5.44. The molecule has 0 atom stereocenters. The highest BCUT2D eigenvalue weighted by atomic mass is 79.9. The van der Waals surface area contributed by atoms with Crippen molar-refractivity contribution in [3.05, 3.63) is 87.4 Å². The fraction of sp³-hybridized carbons (Fsp3) is 0.105. The number of carbonyl (C=O) groups excluding carboxylic acids is 1. The quantitative estimate of drug-likeness (QED) is 0.719. The number of aromatic nitrogens is 2. The summed E-state index contributed by atoms with van der Waals surface area (Å²) < 4.78 is 2.32. The summed E-state index contributed by atoms with van der Waals surface area (Å²) >= 11 is 3.34. The van der Waals surface area contributed by atoms with Crippen molar-refractivity contribution in [2.45, 2.75) is 6.54 Å². The van der Waals surface area contributed by atoms with Gasteiger partial charge in [0.25, 0.3) is 11.5 Å². The van der Waals surface area contributed by atoms with E-state index in [1.165, 1.54) is 17.0 Å². The first-order valence-corrected chi connectivity index (χ1v) is 8.58. The standard InChI is InChI=1S/C19H16BrN3O2/c20-16-8-4-7-15(11-16)19(25)21-9-10-23-13-22-17(12-18(23)24)14-5-2-1-3-6-14/h1-8,11-13H,9-10H2,(H,21,25). The summed E-state index contributed by atoms with van der Waals surface area (Å²) in [6.07, 6.45) is 1.51. The molecule has 0 radical (unpaired) electrons. The van der Waals surface area contributed by atoms with Crippen molar-refractivity contribution < 1.29 is 4.79 Å². The SMILES string of the molecule is O=C(NCCn1cnc(-c2ccccc2)cc1=O)c1cccc(Br)c1. The predicted molar refractivity (Wildman–Crippen MR) is 100 cm³/mol. The second kappa shape index (κ2) is 7.90. The van der Waals surface area contributed by atoms with Crippen LogP contribution in [0.15, 0.2) is 76.3 Å². The Bertz CT molecular complexity index is 939. The van der Waals surface area contributed by atoms with E-state index >= 15 is 0 Å². The molecule has 1 heterocycles. The summed E-state index contributed by atoms with van der Waals surface area (Å²) in [7, 11) is 0. The average Bonchev–Trinajstić information content (AvgIpc) is 2.63. The highest BCUT2D eigenvalue weighted by Gasteiger charge is 2.06. The van der Waals surface area contributed by atoms with Gasteiger partial charge in [0.2, 0.25) is 0 Å². The van der Waals surface area contributed by atoms with Gasteiger partial charge in [-0.05, 0) is 18.2 Å². The molecule has 2 aromatic carbocycles. The Morgan fingerprint density at radius 2 is 1.88 bits per heavy atom. The van der Waals surface area contributed by atoms with E-state index in [0.29, 0.717) is 24.3 Å². The molecule has 1 amide bonds. The molecule has 5 nitrogen and oxygen atoms in total. The van der Waals surface area contributed by atoms with Crippen molar-refractivity contribution in [2.75, 3.05) is 6.54 Å². The lowest BCUT2D eigenvalue weighted by Crippen LogP contribution is -2.30. The van der Waals surface area contributed by atoms with Crippen LogP contribution < -0.4 is 10.9 Å². The second-order valence-corrected chi connectivity index (χ2v) is 6.35. The van der Waals surface area contributed by atoms with Crippen LogP contribution >= 0.6 is 15.9 Å². The van der Waals surface area contributed by atoms with E-state index < -0.39 is 0 Å². The van der Waals surface area contributed by atoms with Gasteiger partial charge in [-0.25, -0.2) is 4.98 Å². The first kappa shape index (κ1) is 17.1. The number of hydrogen-bond acceptors (Lipinski definition) is 3. The maximum absolute atomic E-state index is 12.2. The summed E-state index contributed by atoms with van der Waals surface area (Å²) in [5.41, 5.74) is 1.96. The van der Waals surface area contributed by atoms with Gasteiger partial charge in [-0.15, -0.1) is 0 Å². The first-order valence-electron chi connectivity index (χ1n) is 7.79. The van der Waals surface area contributed by atoms with Crippen molar-refractivity contribution >= 4 is 21.8 Å². The molecule has 1 aromatic heterocycles. The number of amides is 1. The van der Waals surface area contributed by atoms with Gasteiger partial charge in [-0.1, -0.05) is 52.3 Å². The number of nitrogens with zero attached hydrogens (tertiary/aromatic N) is 2. The van der Waals surface area contributed by atoms with Gasteiger partial charge in [0.15, 0.2) is 0 Å². The van der Waals surface area contributed by atoms with Crippen LogP contribution in [0, 0.1) is 0 Å². The van der Waals surface area contributed by atoms with Crippen LogP contribution in [0.25, 0.3) is 11.3 Å². The molecule has 0 saturated heterocycles. The van der Waals surface area contributed by atoms with Gasteiger partial charge < -0.3 is 5.32 Å². The lowest BCUT2D eigenvalue weighted by molar-refractivity contribution is 0.0952. The Morgan fingerprint density at radius 1 is 1.08 bits per heavy atom. The molecule has 0 aliphatic heterocycles. The van der Waals surface area contributed by atoms with Gasteiger partial charge in [-0.2, -0.15) is 0 Å². The Morgan fingerprint density at radius 3 is 2.60 bits per heavy atom. The van der Waals surface area contributed by atoms with Crippen molar-refractivity contribution in [3.8, 4) is 11.3 Å². The fourth-order valence-corrected chi connectivity index (χ4v) is 2.78. The molecule has 6 heteroatoms. The summed E-state index contributed by atoms with van der Waals surface area (Å²) in [4.78, 5) is 28.6. The molecule has 3 rings (SSSR count). The van der Waals surface area contributed by atoms with Crippen LogP contribution in [0.1, 0.15) is 10.4 Å². The van der Waals surface area contributed by atoms with Crippen molar-refractivity contribution in [1.82, 2.24) is 14.9 Å². The zero-order valence-electron chi connectivity index (χ0n) is 13.4. The Kier molecular flexibility index (Phi) is 5.40. The molecule has 0 spiro atoms. The Labute approximate surface area is 153 Å². The molecular formula is C19H16BrN3O2. The molecule has 0 saturated carbocycles. The molecule has 1 N–H and O–H groups in total. The number of rotatable bonds is 5. The van der Waals surface area contributed by atoms with E-state index in [0.717, 1.165) is 10.0 Å². The number of halogens is 1. The lowest BCUT2D eigenvalue weighted by atomic mass is 10.1. The third-order valence-corrected chi connectivity index (χ3v) is 4.17. The average molecular weight is 398 g/mol. The molecular weight excluding hydrogens is 382 g/mol. The van der Waals surface area contributed by atoms with Crippen LogP contribution in [-0.2, 0) is 6.54 Å². The molecule has 0 aliphatic rings. The summed E-state index contributed by atoms with van der Waals surface area (Å²) in [5, 5.41) is 2.80. The molecule has 25 heavy (non-hydrogen) atoms. The normalized spacial score (nSPS) is 10.4. The predicted octanol–water partition coefficient (Wildman–Crippen LogP) is 3.10. The van der Waals surface area contributed by atoms with E-state index in [9.17, 15) is 9.59 Å². The number of nitrogens with one attached hydrogen (secondary N) is 1. The molecule has 0 fully saturated rings. The van der Waals surface area contributed by atoms with E-state index in [4.69, 9.17) is 0 Å². The molecule has 0 bridgehead atoms. The molecule has 0 unspecified atom stereocenters. The highest BCUT2D eigenvalue weighted by Crippen LogP contribution is 2.13. The first-order chi connectivity index (χ1) is 12.1. The summed E-state index contributed by atoms with van der Waals surface area (Å²) in [6.45, 7) is 0.707. The minimum Gasteiger partial charge on any atom is -0.350 e. The van der Waals surface area contributed by atoms with Crippen LogP contribution in [0.4, 0.5) is 0 Å². The summed E-state index contributed by atoms with van der Waals surface area (Å²) in [5.74, 6) is -0.178. The lowest BCUT2D eigenvalue weighted by Gasteiger charge is -2.08.